The summed E-state index contributed by atoms with van der Waals surface area (Å²) in [6, 6.07) is 6.40. The fourth-order valence-corrected chi connectivity index (χ4v) is 4.40. The molecule has 5 rings (SSSR count). The molecule has 0 bridgehead atoms. The van der Waals surface area contributed by atoms with Gasteiger partial charge in [0.2, 0.25) is 11.8 Å². The van der Waals surface area contributed by atoms with Gasteiger partial charge in [-0.25, -0.2) is 0 Å². The minimum atomic E-state index is -0.145. The van der Waals surface area contributed by atoms with Gasteiger partial charge in [-0.3, -0.25) is 14.2 Å². The highest BCUT2D eigenvalue weighted by Crippen LogP contribution is 2.40. The Morgan fingerprint density at radius 1 is 1.31 bits per heavy atom. The van der Waals surface area contributed by atoms with Crippen LogP contribution in [0.4, 0.5) is 0 Å². The molecule has 0 unspecified atom stereocenters. The third-order valence-electron chi connectivity index (χ3n) is 5.84. The van der Waals surface area contributed by atoms with Crippen LogP contribution in [-0.2, 0) is 11.2 Å². The summed E-state index contributed by atoms with van der Waals surface area (Å²) in [6.07, 6.45) is 7.06. The molecule has 1 aromatic carbocycles. The molecule has 1 aliphatic heterocycles. The van der Waals surface area contributed by atoms with Gasteiger partial charge in [-0.2, -0.15) is 0 Å². The Balaban J connectivity index is 1.62. The van der Waals surface area contributed by atoms with Crippen LogP contribution < -0.4 is 10.6 Å². The Labute approximate surface area is 152 Å². The number of fused-ring (bicyclic) bond motifs is 2. The number of hydrogen-bond acceptors (Lipinski definition) is 3. The van der Waals surface area contributed by atoms with Crippen LogP contribution in [0.5, 0.6) is 0 Å². The molecule has 3 aliphatic rings. The van der Waals surface area contributed by atoms with Gasteiger partial charge in [-0.15, -0.1) is 0 Å². The molecular weight excluding hydrogens is 326 g/mol. The predicted octanol–water partition coefficient (Wildman–Crippen LogP) is 2.36. The monoisotopic (exact) mass is 349 g/mol. The van der Waals surface area contributed by atoms with Crippen molar-refractivity contribution in [3.8, 4) is 0 Å². The smallest absolute Gasteiger partial charge is 0.234 e. The predicted molar refractivity (Wildman–Crippen MR) is 101 cm³/mol. The van der Waals surface area contributed by atoms with E-state index in [4.69, 9.17) is 0 Å². The standard InChI is InChI=1S/C21H23N3O2/c1-2-22-20(25)13-8-16-15-4-3-5-18-19(15)14(9-17(16)23-10-13)11-24(18)21(26)12-6-7-12/h3-5,8,11-13,17,23H,2,6-7,9-10H2,1H3,(H,22,25)/t13-,17-/m1/s1. The van der Waals surface area contributed by atoms with E-state index in [1.807, 2.05) is 29.8 Å². The maximum Gasteiger partial charge on any atom is 0.234 e. The first-order chi connectivity index (χ1) is 12.7. The van der Waals surface area contributed by atoms with Gasteiger partial charge >= 0.3 is 0 Å². The Morgan fingerprint density at radius 3 is 2.92 bits per heavy atom. The van der Waals surface area contributed by atoms with E-state index in [2.05, 4.69) is 22.8 Å². The lowest BCUT2D eigenvalue weighted by Gasteiger charge is -2.33. The summed E-state index contributed by atoms with van der Waals surface area (Å²) >= 11 is 0. The number of benzene rings is 1. The number of nitrogens with zero attached hydrogens (tertiary/aromatic N) is 1. The van der Waals surface area contributed by atoms with Gasteiger partial charge < -0.3 is 10.6 Å². The Hall–Kier alpha value is -2.40. The van der Waals surface area contributed by atoms with Gasteiger partial charge in [0, 0.05) is 36.6 Å². The van der Waals surface area contributed by atoms with Crippen LogP contribution in [0.25, 0.3) is 16.5 Å². The molecule has 0 saturated heterocycles. The first-order valence-corrected chi connectivity index (χ1v) is 9.57. The lowest BCUT2D eigenvalue weighted by atomic mass is 9.80. The van der Waals surface area contributed by atoms with Crippen LogP contribution in [-0.4, -0.2) is 35.5 Å². The first kappa shape index (κ1) is 15.8. The molecule has 2 aliphatic carbocycles. The van der Waals surface area contributed by atoms with Gasteiger partial charge in [0.15, 0.2) is 0 Å². The average Bonchev–Trinajstić information content (AvgIpc) is 3.44. The van der Waals surface area contributed by atoms with Gasteiger partial charge in [0.05, 0.1) is 11.4 Å². The fourth-order valence-electron chi connectivity index (χ4n) is 4.40. The van der Waals surface area contributed by atoms with Gasteiger partial charge in [-0.05, 0) is 49.0 Å². The Kier molecular flexibility index (Phi) is 3.54. The quantitative estimate of drug-likeness (QED) is 0.894. The molecule has 2 N–H and O–H groups in total. The molecule has 2 aromatic rings. The molecule has 134 valence electrons. The number of nitrogens with one attached hydrogen (secondary N) is 2. The second-order valence-electron chi connectivity index (χ2n) is 7.62. The fraction of sp³-hybridized carbons (Fsp3) is 0.429. The van der Waals surface area contributed by atoms with Crippen LogP contribution in [0.2, 0.25) is 0 Å². The van der Waals surface area contributed by atoms with Crippen LogP contribution >= 0.6 is 0 Å². The zero-order chi connectivity index (χ0) is 17.8. The summed E-state index contributed by atoms with van der Waals surface area (Å²) in [6.45, 7) is 3.25. The van der Waals surface area contributed by atoms with Crippen LogP contribution in [0.1, 0.15) is 35.7 Å². The molecule has 26 heavy (non-hydrogen) atoms. The molecule has 5 heteroatoms. The van der Waals surface area contributed by atoms with Crippen molar-refractivity contribution in [1.29, 1.82) is 0 Å². The van der Waals surface area contributed by atoms with Crippen molar-refractivity contribution in [2.24, 2.45) is 11.8 Å². The van der Waals surface area contributed by atoms with E-state index in [0.717, 1.165) is 30.3 Å². The number of hydrogen-bond donors (Lipinski definition) is 2. The lowest BCUT2D eigenvalue weighted by Crippen LogP contribution is -2.45. The third kappa shape index (κ3) is 2.34. The number of amides is 1. The van der Waals surface area contributed by atoms with Crippen molar-refractivity contribution in [3.63, 3.8) is 0 Å². The highest BCUT2D eigenvalue weighted by molar-refractivity contribution is 6.04. The van der Waals surface area contributed by atoms with Gasteiger partial charge in [0.1, 0.15) is 0 Å². The number of rotatable bonds is 3. The summed E-state index contributed by atoms with van der Waals surface area (Å²) < 4.78 is 1.87. The van der Waals surface area contributed by atoms with E-state index >= 15 is 0 Å². The van der Waals surface area contributed by atoms with E-state index < -0.39 is 0 Å². The highest BCUT2D eigenvalue weighted by atomic mass is 16.2. The number of carbonyl (C=O) groups excluding carboxylic acids is 2. The molecule has 1 amide bonds. The van der Waals surface area contributed by atoms with E-state index in [0.29, 0.717) is 13.1 Å². The highest BCUT2D eigenvalue weighted by Gasteiger charge is 2.35. The van der Waals surface area contributed by atoms with Crippen molar-refractivity contribution in [2.45, 2.75) is 32.2 Å². The second kappa shape index (κ2) is 5.81. The average molecular weight is 349 g/mol. The Morgan fingerprint density at radius 2 is 2.15 bits per heavy atom. The van der Waals surface area contributed by atoms with Crippen molar-refractivity contribution in [2.75, 3.05) is 13.1 Å². The van der Waals surface area contributed by atoms with E-state index in [-0.39, 0.29) is 29.7 Å². The minimum Gasteiger partial charge on any atom is -0.356 e. The SMILES string of the molecule is CCNC(=O)[C@@H]1C=C2c3cccc4c3c(cn4C(=O)C3CC3)C[C@H]2NC1. The summed E-state index contributed by atoms with van der Waals surface area (Å²) in [4.78, 5) is 25.0. The van der Waals surface area contributed by atoms with E-state index in [1.165, 1.54) is 16.5 Å². The minimum absolute atomic E-state index is 0.0744. The van der Waals surface area contributed by atoms with Crippen LogP contribution in [0, 0.1) is 11.8 Å². The Bertz CT molecular complexity index is 952. The molecule has 2 heterocycles. The van der Waals surface area contributed by atoms with Gasteiger partial charge in [-0.1, -0.05) is 18.2 Å². The molecule has 2 atom stereocenters. The zero-order valence-corrected chi connectivity index (χ0v) is 14.9. The molecule has 0 spiro atoms. The summed E-state index contributed by atoms with van der Waals surface area (Å²) in [5.74, 6) is 0.355. The lowest BCUT2D eigenvalue weighted by molar-refractivity contribution is -0.123. The van der Waals surface area contributed by atoms with Crippen molar-refractivity contribution >= 4 is 28.3 Å². The largest absolute Gasteiger partial charge is 0.356 e. The first-order valence-electron chi connectivity index (χ1n) is 9.57. The van der Waals surface area contributed by atoms with E-state index in [1.54, 1.807) is 0 Å². The molecule has 5 nitrogen and oxygen atoms in total. The molecule has 1 saturated carbocycles. The van der Waals surface area contributed by atoms with E-state index in [9.17, 15) is 9.59 Å². The normalized spacial score (nSPS) is 24.1. The summed E-state index contributed by atoms with van der Waals surface area (Å²) in [5.41, 5.74) is 4.60. The molecule has 0 radical (unpaired) electrons. The zero-order valence-electron chi connectivity index (χ0n) is 14.9. The van der Waals surface area contributed by atoms with Crippen molar-refractivity contribution in [1.82, 2.24) is 15.2 Å². The van der Waals surface area contributed by atoms with Crippen LogP contribution in [0.15, 0.2) is 30.5 Å². The summed E-state index contributed by atoms with van der Waals surface area (Å²) in [5, 5.41) is 7.65. The van der Waals surface area contributed by atoms with Crippen molar-refractivity contribution < 1.29 is 9.59 Å². The van der Waals surface area contributed by atoms with Gasteiger partial charge in [0.25, 0.3) is 0 Å². The summed E-state index contributed by atoms with van der Waals surface area (Å²) in [7, 11) is 0. The molecule has 1 fully saturated rings. The topological polar surface area (TPSA) is 63.1 Å². The maximum atomic E-state index is 12.7. The van der Waals surface area contributed by atoms with Crippen LogP contribution in [0.3, 0.4) is 0 Å². The number of carbonyl (C=O) groups is 2. The second-order valence-corrected chi connectivity index (χ2v) is 7.62. The molecular formula is C21H23N3O2. The number of aromatic nitrogens is 1. The third-order valence-corrected chi connectivity index (χ3v) is 5.84. The molecule has 1 aromatic heterocycles. The maximum absolute atomic E-state index is 12.7. The van der Waals surface area contributed by atoms with Crippen molar-refractivity contribution in [3.05, 3.63) is 41.6 Å².